The Labute approximate surface area is 118 Å². The maximum atomic E-state index is 13.1. The molecule has 1 aromatic heterocycles. The Balaban J connectivity index is 2.01. The average molecular weight is 329 g/mol. The molecule has 2 aromatic rings. The lowest BCUT2D eigenvalue weighted by Gasteiger charge is -2.12. The summed E-state index contributed by atoms with van der Waals surface area (Å²) in [5.41, 5.74) is 0.912. The molecule has 0 radical (unpaired) electrons. The minimum atomic E-state index is -0.215. The Morgan fingerprint density at radius 1 is 1.50 bits per heavy atom. The lowest BCUT2D eigenvalue weighted by molar-refractivity contribution is 0.565. The normalized spacial score (nSPS) is 12.7. The first kappa shape index (κ1) is 13.6. The summed E-state index contributed by atoms with van der Waals surface area (Å²) in [4.78, 5) is 5.54. The molecule has 0 aliphatic heterocycles. The van der Waals surface area contributed by atoms with Crippen LogP contribution in [0.25, 0.3) is 0 Å². The van der Waals surface area contributed by atoms with E-state index >= 15 is 0 Å². The molecule has 1 unspecified atom stereocenters. The summed E-state index contributed by atoms with van der Waals surface area (Å²) < 4.78 is 14.1. The minimum Gasteiger partial charge on any atom is -0.304 e. The first-order valence-corrected chi connectivity index (χ1v) is 7.27. The van der Waals surface area contributed by atoms with Crippen molar-refractivity contribution in [2.75, 3.05) is 0 Å². The summed E-state index contributed by atoms with van der Waals surface area (Å²) in [6.45, 7) is 4.71. The Hall–Kier alpha value is -0.780. The molecule has 1 atom stereocenters. The van der Waals surface area contributed by atoms with Crippen molar-refractivity contribution in [3.05, 3.63) is 50.1 Å². The molecule has 0 spiro atoms. The quantitative estimate of drug-likeness (QED) is 0.909. The predicted octanol–water partition coefficient (Wildman–Crippen LogP) is 4.20. The third-order valence-corrected chi connectivity index (χ3v) is 4.49. The van der Waals surface area contributed by atoms with Crippen molar-refractivity contribution in [3.8, 4) is 0 Å². The van der Waals surface area contributed by atoms with Gasteiger partial charge in [-0.15, -0.1) is 11.3 Å². The number of aromatic nitrogens is 1. The van der Waals surface area contributed by atoms with E-state index < -0.39 is 0 Å². The van der Waals surface area contributed by atoms with Crippen molar-refractivity contribution < 1.29 is 4.39 Å². The maximum absolute atomic E-state index is 13.1. The maximum Gasteiger partial charge on any atom is 0.123 e. The van der Waals surface area contributed by atoms with Gasteiger partial charge in [-0.1, -0.05) is 15.9 Å². The van der Waals surface area contributed by atoms with Gasteiger partial charge in [-0.2, -0.15) is 0 Å². The molecule has 0 amide bonds. The van der Waals surface area contributed by atoms with Gasteiger partial charge in [-0.25, -0.2) is 9.37 Å². The van der Waals surface area contributed by atoms with Crippen LogP contribution in [0.3, 0.4) is 0 Å². The molecule has 0 aliphatic carbocycles. The second-order valence-electron chi connectivity index (χ2n) is 4.15. The van der Waals surface area contributed by atoms with Crippen molar-refractivity contribution in [1.82, 2.24) is 10.3 Å². The number of nitrogens with zero attached hydrogens (tertiary/aromatic N) is 1. The predicted molar refractivity (Wildman–Crippen MR) is 76.2 cm³/mol. The zero-order valence-electron chi connectivity index (χ0n) is 10.2. The Morgan fingerprint density at radius 2 is 2.28 bits per heavy atom. The fourth-order valence-corrected chi connectivity index (χ4v) is 2.79. The summed E-state index contributed by atoms with van der Waals surface area (Å²) in [7, 11) is 0. The molecule has 2 nitrogen and oxygen atoms in total. The van der Waals surface area contributed by atoms with Crippen LogP contribution in [0.1, 0.15) is 28.4 Å². The summed E-state index contributed by atoms with van der Waals surface area (Å²) in [6, 6.07) is 4.88. The third-order valence-electron chi connectivity index (χ3n) is 2.62. The first-order chi connectivity index (χ1) is 8.56. The smallest absolute Gasteiger partial charge is 0.123 e. The number of nitrogens with one attached hydrogen (secondary N) is 1. The Kier molecular flexibility index (Phi) is 4.48. The molecule has 96 valence electrons. The second kappa shape index (κ2) is 5.91. The highest BCUT2D eigenvalue weighted by Gasteiger charge is 2.10. The minimum absolute atomic E-state index is 0.166. The molecule has 0 saturated heterocycles. The zero-order valence-corrected chi connectivity index (χ0v) is 12.6. The molecule has 0 fully saturated rings. The first-order valence-electron chi connectivity index (χ1n) is 5.66. The van der Waals surface area contributed by atoms with Crippen molar-refractivity contribution >= 4 is 27.3 Å². The van der Waals surface area contributed by atoms with Gasteiger partial charge >= 0.3 is 0 Å². The van der Waals surface area contributed by atoms with Crippen LogP contribution >= 0.6 is 27.3 Å². The second-order valence-corrected chi connectivity index (χ2v) is 6.27. The van der Waals surface area contributed by atoms with Gasteiger partial charge < -0.3 is 5.32 Å². The van der Waals surface area contributed by atoms with Gasteiger partial charge in [0.2, 0.25) is 0 Å². The average Bonchev–Trinajstić information content (AvgIpc) is 2.77. The molecule has 5 heteroatoms. The molecule has 0 bridgehead atoms. The molecule has 1 N–H and O–H groups in total. The fourth-order valence-electron chi connectivity index (χ4n) is 1.60. The van der Waals surface area contributed by atoms with Crippen LogP contribution < -0.4 is 5.32 Å². The van der Waals surface area contributed by atoms with Crippen LogP contribution in [-0.4, -0.2) is 4.98 Å². The van der Waals surface area contributed by atoms with E-state index in [1.54, 1.807) is 17.4 Å². The van der Waals surface area contributed by atoms with Crippen molar-refractivity contribution in [2.45, 2.75) is 26.4 Å². The molecule has 0 aliphatic rings. The molecule has 18 heavy (non-hydrogen) atoms. The van der Waals surface area contributed by atoms with Gasteiger partial charge in [-0.3, -0.25) is 0 Å². The van der Waals surface area contributed by atoms with E-state index in [0.29, 0.717) is 6.54 Å². The molecular formula is C13H14BrFN2S. The molecule has 1 heterocycles. The summed E-state index contributed by atoms with van der Waals surface area (Å²) in [6.07, 6.45) is 1.87. The van der Waals surface area contributed by atoms with Crippen molar-refractivity contribution in [2.24, 2.45) is 0 Å². The highest BCUT2D eigenvalue weighted by molar-refractivity contribution is 9.10. The Bertz CT molecular complexity index is 542. The number of thiazole rings is 1. The van der Waals surface area contributed by atoms with Gasteiger partial charge in [0.15, 0.2) is 0 Å². The summed E-state index contributed by atoms with van der Waals surface area (Å²) in [5, 5.41) is 4.40. The van der Waals surface area contributed by atoms with E-state index in [9.17, 15) is 4.39 Å². The van der Waals surface area contributed by atoms with Crippen LogP contribution in [-0.2, 0) is 6.54 Å². The molecule has 1 aromatic carbocycles. The van der Waals surface area contributed by atoms with Gasteiger partial charge in [0.05, 0.1) is 6.04 Å². The van der Waals surface area contributed by atoms with Gasteiger partial charge in [0.25, 0.3) is 0 Å². The van der Waals surface area contributed by atoms with Crippen molar-refractivity contribution in [3.63, 3.8) is 0 Å². The van der Waals surface area contributed by atoms with E-state index in [4.69, 9.17) is 0 Å². The zero-order chi connectivity index (χ0) is 13.1. The number of rotatable bonds is 4. The van der Waals surface area contributed by atoms with Crippen LogP contribution in [0.5, 0.6) is 0 Å². The monoisotopic (exact) mass is 328 g/mol. The third kappa shape index (κ3) is 3.37. The summed E-state index contributed by atoms with van der Waals surface area (Å²) >= 11 is 5.10. The lowest BCUT2D eigenvalue weighted by atomic mass is 10.2. The van der Waals surface area contributed by atoms with Crippen LogP contribution in [0, 0.1) is 12.7 Å². The fraction of sp³-hybridized carbons (Fsp3) is 0.308. The van der Waals surface area contributed by atoms with E-state index in [2.05, 4.69) is 33.2 Å². The van der Waals surface area contributed by atoms with Gasteiger partial charge in [0.1, 0.15) is 10.8 Å². The number of hydrogen-bond acceptors (Lipinski definition) is 3. The lowest BCUT2D eigenvalue weighted by Crippen LogP contribution is -2.18. The number of hydrogen-bond donors (Lipinski definition) is 1. The number of halogens is 2. The van der Waals surface area contributed by atoms with E-state index in [0.717, 1.165) is 15.0 Å². The Morgan fingerprint density at radius 3 is 2.94 bits per heavy atom. The van der Waals surface area contributed by atoms with Crippen LogP contribution in [0.4, 0.5) is 4.39 Å². The van der Waals surface area contributed by atoms with Crippen molar-refractivity contribution in [1.29, 1.82) is 0 Å². The number of benzene rings is 1. The standard InChI is InChI=1S/C13H14BrFN2S/c1-8-6-17-13(18-8)9(2)16-7-10-5-11(15)3-4-12(10)14/h3-6,9,16H,7H2,1-2H3. The van der Waals surface area contributed by atoms with Crippen LogP contribution in [0.15, 0.2) is 28.9 Å². The molecule has 0 saturated carbocycles. The van der Waals surface area contributed by atoms with Gasteiger partial charge in [-0.05, 0) is 37.6 Å². The van der Waals surface area contributed by atoms with E-state index in [-0.39, 0.29) is 11.9 Å². The molecular weight excluding hydrogens is 315 g/mol. The van der Waals surface area contributed by atoms with Gasteiger partial charge in [0, 0.05) is 22.1 Å². The number of aryl methyl sites for hydroxylation is 1. The highest BCUT2D eigenvalue weighted by Crippen LogP contribution is 2.21. The molecule has 2 rings (SSSR count). The summed E-state index contributed by atoms with van der Waals surface area (Å²) in [5.74, 6) is -0.215. The SMILES string of the molecule is Cc1cnc(C(C)NCc2cc(F)ccc2Br)s1. The van der Waals surface area contributed by atoms with Crippen LogP contribution in [0.2, 0.25) is 0 Å². The largest absolute Gasteiger partial charge is 0.304 e. The highest BCUT2D eigenvalue weighted by atomic mass is 79.9. The topological polar surface area (TPSA) is 24.9 Å². The van der Waals surface area contributed by atoms with E-state index in [1.165, 1.54) is 17.0 Å². The van der Waals surface area contributed by atoms with E-state index in [1.807, 2.05) is 13.1 Å².